The van der Waals surface area contributed by atoms with Crippen LogP contribution >= 0.6 is 11.6 Å². The molecule has 1 atom stereocenters. The molecule has 0 spiro atoms. The number of ether oxygens (including phenoxy) is 1. The average Bonchev–Trinajstić information content (AvgIpc) is 2.37. The molecule has 1 N–H and O–H groups in total. The summed E-state index contributed by atoms with van der Waals surface area (Å²) in [5, 5.41) is 3.28. The van der Waals surface area contributed by atoms with Crippen LogP contribution in [0.1, 0.15) is 29.8 Å². The molecule has 0 bridgehead atoms. The number of nitrogens with one attached hydrogen (secondary N) is 1. The fourth-order valence-corrected chi connectivity index (χ4v) is 1.75. The van der Waals surface area contributed by atoms with Crippen LogP contribution in [0.3, 0.4) is 0 Å². The number of aryl methyl sites for hydroxylation is 1. The van der Waals surface area contributed by atoms with Crippen molar-refractivity contribution < 1.29 is 14.3 Å². The normalized spacial score (nSPS) is 12.1. The maximum absolute atomic E-state index is 12.1. The monoisotopic (exact) mass is 283 g/mol. The molecule has 4 nitrogen and oxygen atoms in total. The lowest BCUT2D eigenvalue weighted by atomic mass is 10.0. The Morgan fingerprint density at radius 3 is 2.42 bits per heavy atom. The minimum absolute atomic E-state index is 0.0511. The average molecular weight is 284 g/mol. The van der Waals surface area contributed by atoms with Crippen LogP contribution in [0.2, 0.25) is 5.02 Å². The molecule has 0 aromatic heterocycles. The van der Waals surface area contributed by atoms with Crippen molar-refractivity contribution in [3.8, 4) is 0 Å². The van der Waals surface area contributed by atoms with Crippen LogP contribution in [-0.4, -0.2) is 25.0 Å². The topological polar surface area (TPSA) is 55.4 Å². The molecule has 1 rings (SSSR count). The number of halogens is 1. The third kappa shape index (κ3) is 3.96. The van der Waals surface area contributed by atoms with E-state index in [0.717, 1.165) is 5.56 Å². The van der Waals surface area contributed by atoms with Crippen LogP contribution < -0.4 is 5.32 Å². The molecular formula is C14H18ClNO3. The Bertz CT molecular complexity index is 486. The number of methoxy groups -OCH3 is 1. The Morgan fingerprint density at radius 2 is 1.95 bits per heavy atom. The van der Waals surface area contributed by atoms with Crippen molar-refractivity contribution in [2.24, 2.45) is 5.92 Å². The zero-order valence-electron chi connectivity index (χ0n) is 11.5. The highest BCUT2D eigenvalue weighted by Gasteiger charge is 2.25. The molecule has 0 aliphatic heterocycles. The summed E-state index contributed by atoms with van der Waals surface area (Å²) in [6.45, 7) is 5.50. The first kappa shape index (κ1) is 15.5. The lowest BCUT2D eigenvalue weighted by Crippen LogP contribution is -2.45. The van der Waals surface area contributed by atoms with Crippen LogP contribution in [0.15, 0.2) is 18.2 Å². The second-order valence-corrected chi connectivity index (χ2v) is 5.09. The molecule has 1 unspecified atom stereocenters. The number of hydrogen-bond acceptors (Lipinski definition) is 3. The van der Waals surface area contributed by atoms with E-state index in [2.05, 4.69) is 10.1 Å². The number of hydrogen-bond donors (Lipinski definition) is 1. The SMILES string of the molecule is COC(=O)C(NC(=O)c1ccc(Cl)c(C)c1)C(C)C. The number of carbonyl (C=O) groups is 2. The quantitative estimate of drug-likeness (QED) is 0.864. The second-order valence-electron chi connectivity index (χ2n) is 4.68. The molecule has 0 radical (unpaired) electrons. The van der Waals surface area contributed by atoms with Gasteiger partial charge in [-0.3, -0.25) is 4.79 Å². The lowest BCUT2D eigenvalue weighted by Gasteiger charge is -2.19. The van der Waals surface area contributed by atoms with Gasteiger partial charge in [-0.1, -0.05) is 25.4 Å². The second kappa shape index (κ2) is 6.57. The predicted octanol–water partition coefficient (Wildman–Crippen LogP) is 2.58. The van der Waals surface area contributed by atoms with E-state index >= 15 is 0 Å². The van der Waals surface area contributed by atoms with Crippen molar-refractivity contribution >= 4 is 23.5 Å². The first-order chi connectivity index (χ1) is 8.86. The number of amides is 1. The molecule has 0 aliphatic rings. The van der Waals surface area contributed by atoms with Gasteiger partial charge in [0, 0.05) is 10.6 Å². The molecule has 1 amide bonds. The van der Waals surface area contributed by atoms with Crippen molar-refractivity contribution in [1.82, 2.24) is 5.32 Å². The first-order valence-electron chi connectivity index (χ1n) is 6.01. The highest BCUT2D eigenvalue weighted by atomic mass is 35.5. The Labute approximate surface area is 118 Å². The van der Waals surface area contributed by atoms with Crippen molar-refractivity contribution in [3.05, 3.63) is 34.3 Å². The maximum atomic E-state index is 12.1. The third-order valence-corrected chi connectivity index (χ3v) is 3.25. The van der Waals surface area contributed by atoms with Crippen molar-refractivity contribution in [3.63, 3.8) is 0 Å². The first-order valence-corrected chi connectivity index (χ1v) is 6.39. The van der Waals surface area contributed by atoms with E-state index < -0.39 is 12.0 Å². The Morgan fingerprint density at radius 1 is 1.32 bits per heavy atom. The van der Waals surface area contributed by atoms with E-state index in [1.165, 1.54) is 7.11 Å². The summed E-state index contributed by atoms with van der Waals surface area (Å²) in [5.41, 5.74) is 1.28. The van der Waals surface area contributed by atoms with Gasteiger partial charge in [0.05, 0.1) is 7.11 Å². The summed E-state index contributed by atoms with van der Waals surface area (Å²) in [5.74, 6) is -0.817. The summed E-state index contributed by atoms with van der Waals surface area (Å²) < 4.78 is 4.68. The van der Waals surface area contributed by atoms with Crippen LogP contribution in [0.5, 0.6) is 0 Å². The van der Waals surface area contributed by atoms with Crippen LogP contribution in [0, 0.1) is 12.8 Å². The largest absolute Gasteiger partial charge is 0.467 e. The van der Waals surface area contributed by atoms with Gasteiger partial charge in [0.2, 0.25) is 0 Å². The predicted molar refractivity (Wildman–Crippen MR) is 74.3 cm³/mol. The van der Waals surface area contributed by atoms with Gasteiger partial charge in [-0.25, -0.2) is 4.79 Å². The molecule has 0 aliphatic carbocycles. The Balaban J connectivity index is 2.87. The molecule has 0 heterocycles. The van der Waals surface area contributed by atoms with E-state index in [-0.39, 0.29) is 11.8 Å². The molecule has 1 aromatic carbocycles. The zero-order valence-corrected chi connectivity index (χ0v) is 12.2. The number of carbonyl (C=O) groups excluding carboxylic acids is 2. The summed E-state index contributed by atoms with van der Waals surface area (Å²) in [6.07, 6.45) is 0. The lowest BCUT2D eigenvalue weighted by molar-refractivity contribution is -0.144. The molecule has 1 aromatic rings. The number of esters is 1. The summed E-state index contributed by atoms with van der Waals surface area (Å²) in [4.78, 5) is 23.7. The zero-order chi connectivity index (χ0) is 14.6. The minimum Gasteiger partial charge on any atom is -0.467 e. The standard InChI is InChI=1S/C14H18ClNO3/c1-8(2)12(14(18)19-4)16-13(17)10-5-6-11(15)9(3)7-10/h5-8,12H,1-4H3,(H,16,17). The third-order valence-electron chi connectivity index (χ3n) is 2.83. The van der Waals surface area contributed by atoms with Gasteiger partial charge in [-0.05, 0) is 36.6 Å². The summed E-state index contributed by atoms with van der Waals surface area (Å²) in [6, 6.07) is 4.31. The van der Waals surface area contributed by atoms with Gasteiger partial charge in [0.1, 0.15) is 6.04 Å². The molecule has 104 valence electrons. The molecule has 5 heteroatoms. The van der Waals surface area contributed by atoms with Crippen molar-refractivity contribution in [2.45, 2.75) is 26.8 Å². The van der Waals surface area contributed by atoms with Gasteiger partial charge in [0.25, 0.3) is 5.91 Å². The van der Waals surface area contributed by atoms with E-state index in [0.29, 0.717) is 10.6 Å². The Kier molecular flexibility index (Phi) is 5.36. The van der Waals surface area contributed by atoms with E-state index in [4.69, 9.17) is 11.6 Å². The molecular weight excluding hydrogens is 266 g/mol. The molecule has 0 saturated carbocycles. The fraction of sp³-hybridized carbons (Fsp3) is 0.429. The fourth-order valence-electron chi connectivity index (χ4n) is 1.64. The highest BCUT2D eigenvalue weighted by molar-refractivity contribution is 6.31. The van der Waals surface area contributed by atoms with Gasteiger partial charge in [0.15, 0.2) is 0 Å². The van der Waals surface area contributed by atoms with E-state index in [1.54, 1.807) is 18.2 Å². The van der Waals surface area contributed by atoms with Crippen molar-refractivity contribution in [2.75, 3.05) is 7.11 Å². The summed E-state index contributed by atoms with van der Waals surface area (Å²) in [7, 11) is 1.30. The van der Waals surface area contributed by atoms with Gasteiger partial charge in [-0.15, -0.1) is 0 Å². The minimum atomic E-state index is -0.659. The van der Waals surface area contributed by atoms with Crippen LogP contribution in [0.25, 0.3) is 0 Å². The molecule has 19 heavy (non-hydrogen) atoms. The van der Waals surface area contributed by atoms with Crippen LogP contribution in [0.4, 0.5) is 0 Å². The molecule has 0 saturated heterocycles. The summed E-state index contributed by atoms with van der Waals surface area (Å²) >= 11 is 5.91. The van der Waals surface area contributed by atoms with E-state index in [1.807, 2.05) is 20.8 Å². The van der Waals surface area contributed by atoms with Gasteiger partial charge < -0.3 is 10.1 Å². The number of rotatable bonds is 4. The maximum Gasteiger partial charge on any atom is 0.328 e. The molecule has 0 fully saturated rings. The van der Waals surface area contributed by atoms with Gasteiger partial charge in [-0.2, -0.15) is 0 Å². The van der Waals surface area contributed by atoms with Crippen molar-refractivity contribution in [1.29, 1.82) is 0 Å². The number of benzene rings is 1. The van der Waals surface area contributed by atoms with E-state index in [9.17, 15) is 9.59 Å². The smallest absolute Gasteiger partial charge is 0.328 e. The Hall–Kier alpha value is -1.55. The van der Waals surface area contributed by atoms with Gasteiger partial charge >= 0.3 is 5.97 Å². The highest BCUT2D eigenvalue weighted by Crippen LogP contribution is 2.16. The van der Waals surface area contributed by atoms with Crippen LogP contribution in [-0.2, 0) is 9.53 Å².